The minimum absolute atomic E-state index is 0.119. The molecular weight excluding hydrogens is 266 g/mol. The summed E-state index contributed by atoms with van der Waals surface area (Å²) in [4.78, 5) is 0. The predicted molar refractivity (Wildman–Crippen MR) is 85.0 cm³/mol. The predicted octanol–water partition coefficient (Wildman–Crippen LogP) is 3.48. The fourth-order valence-corrected chi connectivity index (χ4v) is 2.80. The van der Waals surface area contributed by atoms with Crippen LogP contribution in [0.1, 0.15) is 29.0 Å². The van der Waals surface area contributed by atoms with Gasteiger partial charge in [0.2, 0.25) is 0 Å². The van der Waals surface area contributed by atoms with Crippen LogP contribution < -0.4 is 15.2 Å². The number of rotatable bonds is 4. The van der Waals surface area contributed by atoms with Crippen LogP contribution in [0, 0.1) is 13.8 Å². The van der Waals surface area contributed by atoms with Crippen molar-refractivity contribution in [2.24, 2.45) is 0 Å². The second kappa shape index (κ2) is 6.12. The molecule has 1 atom stereocenters. The van der Waals surface area contributed by atoms with E-state index in [9.17, 15) is 0 Å². The van der Waals surface area contributed by atoms with Crippen molar-refractivity contribution in [1.82, 2.24) is 0 Å². The summed E-state index contributed by atoms with van der Waals surface area (Å²) in [7, 11) is 4.97. The highest BCUT2D eigenvalue weighted by atomic mass is 16.5. The highest BCUT2D eigenvalue weighted by Crippen LogP contribution is 2.46. The number of nitrogens with two attached hydrogens (primary N) is 1. The van der Waals surface area contributed by atoms with Crippen LogP contribution in [0.2, 0.25) is 0 Å². The molecule has 1 unspecified atom stereocenters. The van der Waals surface area contributed by atoms with Gasteiger partial charge in [-0.05, 0) is 43.5 Å². The van der Waals surface area contributed by atoms with Crippen molar-refractivity contribution in [3.8, 4) is 11.5 Å². The molecule has 0 aliphatic heterocycles. The summed E-state index contributed by atoms with van der Waals surface area (Å²) in [5.74, 6) is 2.42. The van der Waals surface area contributed by atoms with Crippen LogP contribution in [0.15, 0.2) is 24.0 Å². The van der Waals surface area contributed by atoms with Crippen LogP contribution >= 0.6 is 0 Å². The number of ether oxygens (including phenoxy) is 3. The molecule has 0 aromatic heterocycles. The summed E-state index contributed by atoms with van der Waals surface area (Å²) in [6, 6.07) is 0. The van der Waals surface area contributed by atoms with E-state index >= 15 is 0 Å². The molecule has 0 saturated carbocycles. The van der Waals surface area contributed by atoms with E-state index in [1.807, 2.05) is 19.9 Å². The molecule has 0 saturated heterocycles. The van der Waals surface area contributed by atoms with Crippen molar-refractivity contribution < 1.29 is 14.2 Å². The first-order valence-electron chi connectivity index (χ1n) is 6.97. The van der Waals surface area contributed by atoms with Crippen LogP contribution in [-0.2, 0) is 4.74 Å². The summed E-state index contributed by atoms with van der Waals surface area (Å²) < 4.78 is 16.5. The summed E-state index contributed by atoms with van der Waals surface area (Å²) in [5.41, 5.74) is 10.1. The van der Waals surface area contributed by atoms with E-state index in [-0.39, 0.29) is 5.92 Å². The minimum Gasteiger partial charge on any atom is -0.497 e. The van der Waals surface area contributed by atoms with Crippen molar-refractivity contribution in [3.05, 3.63) is 40.7 Å². The van der Waals surface area contributed by atoms with Gasteiger partial charge in [0, 0.05) is 17.2 Å². The van der Waals surface area contributed by atoms with E-state index in [2.05, 4.69) is 12.2 Å². The monoisotopic (exact) mass is 289 g/mol. The largest absolute Gasteiger partial charge is 0.497 e. The fourth-order valence-electron chi connectivity index (χ4n) is 2.80. The Morgan fingerprint density at radius 3 is 2.24 bits per heavy atom. The number of nitrogen functional groups attached to an aromatic ring is 1. The van der Waals surface area contributed by atoms with Gasteiger partial charge >= 0.3 is 0 Å². The van der Waals surface area contributed by atoms with Crippen LogP contribution in [0.4, 0.5) is 5.69 Å². The summed E-state index contributed by atoms with van der Waals surface area (Å²) in [6.07, 6.45) is 6.99. The summed E-state index contributed by atoms with van der Waals surface area (Å²) in [6.45, 7) is 4.00. The van der Waals surface area contributed by atoms with Gasteiger partial charge in [-0.25, -0.2) is 0 Å². The van der Waals surface area contributed by atoms with Crippen molar-refractivity contribution in [2.75, 3.05) is 27.1 Å². The maximum absolute atomic E-state index is 6.37. The first kappa shape index (κ1) is 15.3. The summed E-state index contributed by atoms with van der Waals surface area (Å²) in [5, 5.41) is 0. The highest BCUT2D eigenvalue weighted by Gasteiger charge is 2.25. The van der Waals surface area contributed by atoms with Crippen LogP contribution in [0.25, 0.3) is 0 Å². The molecule has 4 heteroatoms. The first-order chi connectivity index (χ1) is 10.0. The lowest BCUT2D eigenvalue weighted by molar-refractivity contribution is 0.301. The Balaban J connectivity index is 2.65. The number of benzene rings is 1. The highest BCUT2D eigenvalue weighted by molar-refractivity contribution is 5.70. The minimum atomic E-state index is 0.119. The molecule has 1 aromatic carbocycles. The fraction of sp³-hybridized carbons (Fsp3) is 0.412. The Kier molecular flexibility index (Phi) is 4.46. The molecule has 2 rings (SSSR count). The van der Waals surface area contributed by atoms with Gasteiger partial charge in [-0.1, -0.05) is 6.08 Å². The molecule has 4 nitrogen and oxygen atoms in total. The van der Waals surface area contributed by atoms with Gasteiger partial charge in [0.05, 0.1) is 21.3 Å². The van der Waals surface area contributed by atoms with Gasteiger partial charge in [0.15, 0.2) is 11.5 Å². The number of methoxy groups -OCH3 is 3. The lowest BCUT2D eigenvalue weighted by atomic mass is 9.87. The molecule has 0 fully saturated rings. The quantitative estimate of drug-likeness (QED) is 0.862. The Labute approximate surface area is 126 Å². The van der Waals surface area contributed by atoms with Gasteiger partial charge in [-0.15, -0.1) is 0 Å². The van der Waals surface area contributed by atoms with Gasteiger partial charge in [0.1, 0.15) is 5.76 Å². The van der Waals surface area contributed by atoms with Crippen molar-refractivity contribution in [3.63, 3.8) is 0 Å². The van der Waals surface area contributed by atoms with E-state index in [1.165, 1.54) is 0 Å². The topological polar surface area (TPSA) is 53.7 Å². The number of hydrogen-bond acceptors (Lipinski definition) is 4. The Morgan fingerprint density at radius 1 is 1.00 bits per heavy atom. The third-order valence-electron chi connectivity index (χ3n) is 4.10. The van der Waals surface area contributed by atoms with E-state index in [0.29, 0.717) is 5.75 Å². The van der Waals surface area contributed by atoms with Crippen molar-refractivity contribution in [1.29, 1.82) is 0 Å². The molecule has 1 aliphatic rings. The van der Waals surface area contributed by atoms with Crippen LogP contribution in [0.3, 0.4) is 0 Å². The lowest BCUT2D eigenvalue weighted by Crippen LogP contribution is -2.10. The molecule has 1 aromatic rings. The first-order valence-corrected chi connectivity index (χ1v) is 6.97. The Morgan fingerprint density at radius 2 is 1.67 bits per heavy atom. The average molecular weight is 289 g/mol. The summed E-state index contributed by atoms with van der Waals surface area (Å²) >= 11 is 0. The number of hydrogen-bond donors (Lipinski definition) is 1. The maximum Gasteiger partial charge on any atom is 0.166 e. The smallest absolute Gasteiger partial charge is 0.166 e. The number of anilines is 1. The SMILES string of the molecule is COC1=CC(c2c(N)c(C)c(C)c(OC)c2OC)CC=C1. The van der Waals surface area contributed by atoms with Crippen LogP contribution in [0.5, 0.6) is 11.5 Å². The van der Waals surface area contributed by atoms with Gasteiger partial charge in [0.25, 0.3) is 0 Å². The second-order valence-corrected chi connectivity index (χ2v) is 5.16. The zero-order chi connectivity index (χ0) is 15.6. The van der Waals surface area contributed by atoms with Gasteiger partial charge in [-0.2, -0.15) is 0 Å². The molecule has 0 spiro atoms. The van der Waals surface area contributed by atoms with Gasteiger partial charge < -0.3 is 19.9 Å². The zero-order valence-electron chi connectivity index (χ0n) is 13.3. The van der Waals surface area contributed by atoms with Gasteiger partial charge in [-0.3, -0.25) is 0 Å². The third kappa shape index (κ3) is 2.58. The Hall–Kier alpha value is -2.10. The molecule has 21 heavy (non-hydrogen) atoms. The third-order valence-corrected chi connectivity index (χ3v) is 4.10. The molecule has 114 valence electrons. The van der Waals surface area contributed by atoms with E-state index < -0.39 is 0 Å². The zero-order valence-corrected chi connectivity index (χ0v) is 13.3. The van der Waals surface area contributed by atoms with E-state index in [4.69, 9.17) is 19.9 Å². The molecule has 2 N–H and O–H groups in total. The normalized spacial score (nSPS) is 17.4. The molecule has 0 bridgehead atoms. The maximum atomic E-state index is 6.37. The molecule has 1 aliphatic carbocycles. The standard InChI is InChI=1S/C17H23NO3/c1-10-11(2)16(20-4)17(21-5)14(15(10)18)12-7-6-8-13(9-12)19-3/h6,8-9,12H,7,18H2,1-5H3. The molecule has 0 amide bonds. The lowest BCUT2D eigenvalue weighted by Gasteiger charge is -2.25. The van der Waals surface area contributed by atoms with E-state index in [0.717, 1.165) is 40.3 Å². The molecule has 0 radical (unpaired) electrons. The Bertz CT molecular complexity index is 603. The van der Waals surface area contributed by atoms with Crippen molar-refractivity contribution in [2.45, 2.75) is 26.2 Å². The average Bonchev–Trinajstić information content (AvgIpc) is 2.52. The molecular formula is C17H23NO3. The molecule has 0 heterocycles. The number of allylic oxidation sites excluding steroid dienone is 3. The van der Waals surface area contributed by atoms with E-state index in [1.54, 1.807) is 21.3 Å². The van der Waals surface area contributed by atoms with Crippen molar-refractivity contribution >= 4 is 5.69 Å². The van der Waals surface area contributed by atoms with Crippen LogP contribution in [-0.4, -0.2) is 21.3 Å². The second-order valence-electron chi connectivity index (χ2n) is 5.16.